The van der Waals surface area contributed by atoms with E-state index in [1.807, 2.05) is 37.6 Å². The van der Waals surface area contributed by atoms with Crippen LogP contribution in [-0.2, 0) is 18.4 Å². The van der Waals surface area contributed by atoms with Crippen LogP contribution in [0.1, 0.15) is 30.4 Å². The third kappa shape index (κ3) is 5.17. The van der Waals surface area contributed by atoms with Gasteiger partial charge in [-0.3, -0.25) is 9.48 Å². The van der Waals surface area contributed by atoms with Crippen LogP contribution in [0.4, 0.5) is 0 Å². The zero-order valence-corrected chi connectivity index (χ0v) is 17.4. The average Bonchev–Trinajstić information content (AvgIpc) is 3.33. The molecule has 2 N–H and O–H groups in total. The number of hydrogen-bond donors (Lipinski definition) is 2. The molecule has 2 heterocycles. The minimum atomic E-state index is -0.0942. The highest BCUT2D eigenvalue weighted by Crippen LogP contribution is 2.29. The number of halogens is 1. The molecule has 0 spiro atoms. The molecule has 1 aliphatic heterocycles. The number of carbonyl (C=O) groups is 1. The first kappa shape index (κ1) is 22.0. The Morgan fingerprint density at radius 2 is 2.18 bits per heavy atom. The van der Waals surface area contributed by atoms with Crippen LogP contribution in [0.15, 0.2) is 30.6 Å². The fraction of sp³-hybridized carbons (Fsp3) is 0.500. The van der Waals surface area contributed by atoms with E-state index in [1.54, 1.807) is 11.8 Å². The maximum atomic E-state index is 12.7. The van der Waals surface area contributed by atoms with Gasteiger partial charge in [0.2, 0.25) is 5.91 Å². The van der Waals surface area contributed by atoms with E-state index >= 15 is 0 Å². The number of nitrogens with one attached hydrogen (secondary N) is 2. The van der Waals surface area contributed by atoms with E-state index < -0.39 is 0 Å². The summed E-state index contributed by atoms with van der Waals surface area (Å²) in [5, 5.41) is 10.6. The summed E-state index contributed by atoms with van der Waals surface area (Å²) in [4.78, 5) is 12.7. The largest absolute Gasteiger partial charge is 0.493 e. The third-order valence-electron chi connectivity index (χ3n) is 4.86. The second-order valence-corrected chi connectivity index (χ2v) is 6.87. The Kier molecular flexibility index (Phi) is 8.14. The Bertz CT molecular complexity index is 781. The summed E-state index contributed by atoms with van der Waals surface area (Å²) < 4.78 is 12.9. The predicted octanol–water partition coefficient (Wildman–Crippen LogP) is 2.26. The number of rotatable bonds is 8. The molecule has 1 amide bonds. The van der Waals surface area contributed by atoms with Crippen LogP contribution in [-0.4, -0.2) is 42.5 Å². The zero-order valence-electron chi connectivity index (χ0n) is 16.6. The first-order valence-corrected chi connectivity index (χ1v) is 9.39. The highest BCUT2D eigenvalue weighted by molar-refractivity contribution is 5.85. The summed E-state index contributed by atoms with van der Waals surface area (Å²) >= 11 is 0. The molecule has 2 atom stereocenters. The van der Waals surface area contributed by atoms with Crippen molar-refractivity contribution in [2.24, 2.45) is 13.0 Å². The number of benzene rings is 1. The number of nitrogens with zero attached hydrogens (tertiary/aromatic N) is 2. The van der Waals surface area contributed by atoms with Crippen molar-refractivity contribution in [3.05, 3.63) is 41.7 Å². The number of amides is 1. The van der Waals surface area contributed by atoms with Crippen LogP contribution in [0, 0.1) is 5.92 Å². The Balaban J connectivity index is 0.00000280. The van der Waals surface area contributed by atoms with Crippen molar-refractivity contribution in [1.82, 2.24) is 20.4 Å². The number of methoxy groups -OCH3 is 1. The molecule has 1 aromatic carbocycles. The molecule has 2 aromatic rings. The SMILES string of the molecule is CCCOc1ccc(CNC(=O)[C@H]2CNC[C@@H]2c2cnn(C)c2)cc1OC.Cl. The van der Waals surface area contributed by atoms with Gasteiger partial charge in [0.15, 0.2) is 11.5 Å². The molecule has 7 nitrogen and oxygen atoms in total. The lowest BCUT2D eigenvalue weighted by molar-refractivity contribution is -0.125. The molecule has 1 aliphatic rings. The van der Waals surface area contributed by atoms with Crippen molar-refractivity contribution in [2.75, 3.05) is 26.8 Å². The number of hydrogen-bond acceptors (Lipinski definition) is 5. The highest BCUT2D eigenvalue weighted by Gasteiger charge is 2.34. The van der Waals surface area contributed by atoms with Gasteiger partial charge in [0.1, 0.15) is 0 Å². The van der Waals surface area contributed by atoms with E-state index in [0.29, 0.717) is 25.4 Å². The van der Waals surface area contributed by atoms with E-state index in [0.717, 1.165) is 29.8 Å². The number of carbonyl (C=O) groups excluding carboxylic acids is 1. The van der Waals surface area contributed by atoms with Crippen LogP contribution in [0.25, 0.3) is 0 Å². The minimum absolute atomic E-state index is 0. The molecule has 0 unspecified atom stereocenters. The summed E-state index contributed by atoms with van der Waals surface area (Å²) in [6.45, 7) is 4.64. The van der Waals surface area contributed by atoms with Crippen LogP contribution >= 0.6 is 12.4 Å². The van der Waals surface area contributed by atoms with Gasteiger partial charge in [0.25, 0.3) is 0 Å². The van der Waals surface area contributed by atoms with Crippen molar-refractivity contribution >= 4 is 18.3 Å². The smallest absolute Gasteiger partial charge is 0.225 e. The zero-order chi connectivity index (χ0) is 19.2. The standard InChI is InChI=1S/C20H28N4O3.ClH/c1-4-7-27-18-6-5-14(8-19(18)26-3)9-22-20(25)17-12-21-11-16(17)15-10-23-24(2)13-15;/h5-6,8,10,13,16-17,21H,4,7,9,11-12H2,1-3H3,(H,22,25);1H/t16-,17+;/m1./s1. The lowest BCUT2D eigenvalue weighted by atomic mass is 9.90. The predicted molar refractivity (Wildman–Crippen MR) is 110 cm³/mol. The summed E-state index contributed by atoms with van der Waals surface area (Å²) in [5.41, 5.74) is 2.08. The molecule has 0 aliphatic carbocycles. The molecule has 0 saturated carbocycles. The van der Waals surface area contributed by atoms with Gasteiger partial charge in [-0.05, 0) is 29.7 Å². The van der Waals surface area contributed by atoms with Crippen molar-refractivity contribution < 1.29 is 14.3 Å². The molecule has 0 radical (unpaired) electrons. The van der Waals surface area contributed by atoms with Gasteiger partial charge >= 0.3 is 0 Å². The number of aromatic nitrogens is 2. The molecule has 1 fully saturated rings. The normalized spacial score (nSPS) is 18.4. The molecule has 154 valence electrons. The lowest BCUT2D eigenvalue weighted by Gasteiger charge is -2.17. The van der Waals surface area contributed by atoms with Crippen molar-refractivity contribution in [3.63, 3.8) is 0 Å². The average molecular weight is 409 g/mol. The molecule has 28 heavy (non-hydrogen) atoms. The maximum Gasteiger partial charge on any atom is 0.225 e. The Labute approximate surface area is 172 Å². The Morgan fingerprint density at radius 1 is 1.36 bits per heavy atom. The van der Waals surface area contributed by atoms with Gasteiger partial charge in [-0.2, -0.15) is 5.10 Å². The minimum Gasteiger partial charge on any atom is -0.493 e. The molecule has 1 aromatic heterocycles. The van der Waals surface area contributed by atoms with Crippen molar-refractivity contribution in [1.29, 1.82) is 0 Å². The second kappa shape index (κ2) is 10.3. The third-order valence-corrected chi connectivity index (χ3v) is 4.86. The van der Waals surface area contributed by atoms with Gasteiger partial charge in [0.05, 0.1) is 25.8 Å². The summed E-state index contributed by atoms with van der Waals surface area (Å²) in [6, 6.07) is 5.77. The van der Waals surface area contributed by atoms with Crippen LogP contribution in [0.3, 0.4) is 0 Å². The topological polar surface area (TPSA) is 77.4 Å². The van der Waals surface area contributed by atoms with E-state index in [9.17, 15) is 4.79 Å². The Morgan fingerprint density at radius 3 is 2.86 bits per heavy atom. The molecular weight excluding hydrogens is 380 g/mol. The molecular formula is C20H29ClN4O3. The first-order valence-electron chi connectivity index (χ1n) is 9.39. The quantitative estimate of drug-likeness (QED) is 0.700. The second-order valence-electron chi connectivity index (χ2n) is 6.87. The van der Waals surface area contributed by atoms with Gasteiger partial charge in [0, 0.05) is 38.8 Å². The van der Waals surface area contributed by atoms with Gasteiger partial charge in [-0.15, -0.1) is 12.4 Å². The summed E-state index contributed by atoms with van der Waals surface area (Å²) in [6.07, 6.45) is 4.77. The number of aryl methyl sites for hydroxylation is 1. The van der Waals surface area contributed by atoms with Crippen molar-refractivity contribution in [2.45, 2.75) is 25.8 Å². The van der Waals surface area contributed by atoms with Gasteiger partial charge < -0.3 is 20.1 Å². The fourth-order valence-electron chi connectivity index (χ4n) is 3.41. The van der Waals surface area contributed by atoms with Crippen LogP contribution < -0.4 is 20.1 Å². The summed E-state index contributed by atoms with van der Waals surface area (Å²) in [7, 11) is 3.52. The molecule has 0 bridgehead atoms. The van der Waals surface area contributed by atoms with E-state index in [4.69, 9.17) is 9.47 Å². The summed E-state index contributed by atoms with van der Waals surface area (Å²) in [5.74, 6) is 1.53. The van der Waals surface area contributed by atoms with Gasteiger partial charge in [-0.1, -0.05) is 13.0 Å². The fourth-order valence-corrected chi connectivity index (χ4v) is 3.41. The van der Waals surface area contributed by atoms with E-state index in [1.165, 1.54) is 0 Å². The van der Waals surface area contributed by atoms with Crippen molar-refractivity contribution in [3.8, 4) is 11.5 Å². The van der Waals surface area contributed by atoms with E-state index in [-0.39, 0.29) is 30.2 Å². The highest BCUT2D eigenvalue weighted by atomic mass is 35.5. The lowest BCUT2D eigenvalue weighted by Crippen LogP contribution is -2.33. The monoisotopic (exact) mass is 408 g/mol. The van der Waals surface area contributed by atoms with Gasteiger partial charge in [-0.25, -0.2) is 0 Å². The molecule has 1 saturated heterocycles. The molecule has 8 heteroatoms. The van der Waals surface area contributed by atoms with Crippen LogP contribution in [0.2, 0.25) is 0 Å². The molecule has 3 rings (SSSR count). The Hall–Kier alpha value is -2.25. The maximum absolute atomic E-state index is 12.7. The van der Waals surface area contributed by atoms with Crippen LogP contribution in [0.5, 0.6) is 11.5 Å². The van der Waals surface area contributed by atoms with E-state index in [2.05, 4.69) is 22.7 Å². The number of ether oxygens (including phenoxy) is 2. The first-order chi connectivity index (χ1) is 13.1.